The fraction of sp³-hybridized carbons (Fsp3) is 0.0526. The Balaban J connectivity index is 2.68. The average Bonchev–Trinajstić information content (AvgIpc) is 2.81. The molecule has 0 amide bonds. The molecule has 0 spiro atoms. The van der Waals surface area contributed by atoms with Gasteiger partial charge in [-0.05, 0) is 0 Å². The van der Waals surface area contributed by atoms with Gasteiger partial charge in [0, 0.05) is 16.7 Å². The second-order valence-corrected chi connectivity index (χ2v) is 6.38. The predicted octanol–water partition coefficient (Wildman–Crippen LogP) is 6.95. The van der Waals surface area contributed by atoms with Gasteiger partial charge in [-0.3, -0.25) is 0 Å². The van der Waals surface area contributed by atoms with E-state index < -0.39 is 110 Å². The van der Waals surface area contributed by atoms with E-state index in [-0.39, 0.29) is 0 Å². The van der Waals surface area contributed by atoms with Crippen molar-refractivity contribution in [1.29, 1.82) is 0 Å². The smallest absolute Gasteiger partial charge is 0.200 e. The van der Waals surface area contributed by atoms with Crippen molar-refractivity contribution in [2.24, 2.45) is 0 Å². The molecule has 0 aromatic heterocycles. The van der Waals surface area contributed by atoms with Gasteiger partial charge in [0.1, 0.15) is 0 Å². The summed E-state index contributed by atoms with van der Waals surface area (Å²) in [5, 5.41) is 0. The summed E-state index contributed by atoms with van der Waals surface area (Å²) in [4.78, 5) is 0. The summed E-state index contributed by atoms with van der Waals surface area (Å²) in [6, 6.07) is 0. The molecule has 0 heterocycles. The normalized spacial score (nSPS) is 11.6. The molecule has 0 unspecified atom stereocenters. The first-order valence-corrected chi connectivity index (χ1v) is 8.20. The van der Waals surface area contributed by atoms with Gasteiger partial charge in [0.15, 0.2) is 69.8 Å². The Hall–Kier alpha value is -3.39. The van der Waals surface area contributed by atoms with Gasteiger partial charge in [-0.25, -0.2) is 65.9 Å². The topological polar surface area (TPSA) is 0 Å². The first kappa shape index (κ1) is 25.2. The van der Waals surface area contributed by atoms with Crippen molar-refractivity contribution >= 4 is 0 Å². The Morgan fingerprint density at radius 1 is 0.206 bits per heavy atom. The van der Waals surface area contributed by atoms with E-state index in [9.17, 15) is 65.9 Å². The largest absolute Gasteiger partial charge is 0.203 e. The highest BCUT2D eigenvalue weighted by atomic mass is 19.2. The molecule has 0 radical (unpaired) electrons. The highest BCUT2D eigenvalue weighted by Crippen LogP contribution is 2.44. The molecule has 0 aliphatic rings. The standard InChI is InChI=1S/C19HF15/c20-5-2(6(21)12(27)17(32)11(5)26)1(3-7(22)13(28)18(33)14(29)8(3)23)4-9(24)15(30)19(34)16(31)10(4)25/h1H. The maximum Gasteiger partial charge on any atom is 0.200 e. The van der Waals surface area contributed by atoms with Crippen LogP contribution in [0.3, 0.4) is 0 Å². The first-order valence-electron chi connectivity index (χ1n) is 8.20. The molecule has 0 aliphatic carbocycles. The molecule has 3 rings (SSSR count). The van der Waals surface area contributed by atoms with Gasteiger partial charge in [0.05, 0.1) is 5.92 Å². The molecule has 0 nitrogen and oxygen atoms in total. The van der Waals surface area contributed by atoms with E-state index in [0.29, 0.717) is 0 Å². The molecule has 182 valence electrons. The summed E-state index contributed by atoms with van der Waals surface area (Å²) >= 11 is 0. The van der Waals surface area contributed by atoms with E-state index in [2.05, 4.69) is 0 Å². The van der Waals surface area contributed by atoms with Crippen LogP contribution in [0.5, 0.6) is 0 Å². The third kappa shape index (κ3) is 3.36. The number of hydrogen-bond donors (Lipinski definition) is 0. The Bertz CT molecular complexity index is 1110. The summed E-state index contributed by atoms with van der Waals surface area (Å²) in [5.41, 5.74) is -8.03. The summed E-state index contributed by atoms with van der Waals surface area (Å²) in [5.74, 6) is -49.2. The minimum absolute atomic E-state index is 2.68. The molecule has 0 saturated heterocycles. The van der Waals surface area contributed by atoms with Crippen molar-refractivity contribution in [2.45, 2.75) is 5.92 Å². The molecule has 0 N–H and O–H groups in total. The second kappa shape index (κ2) is 8.43. The summed E-state index contributed by atoms with van der Waals surface area (Å²) in [6.07, 6.45) is 0. The van der Waals surface area contributed by atoms with Gasteiger partial charge in [-0.1, -0.05) is 0 Å². The lowest BCUT2D eigenvalue weighted by Crippen LogP contribution is -2.22. The van der Waals surface area contributed by atoms with Crippen molar-refractivity contribution in [2.75, 3.05) is 0 Å². The summed E-state index contributed by atoms with van der Waals surface area (Å²) < 4.78 is 209. The van der Waals surface area contributed by atoms with Gasteiger partial charge in [-0.15, -0.1) is 0 Å². The molecule has 0 saturated carbocycles. The van der Waals surface area contributed by atoms with Crippen LogP contribution in [0, 0.1) is 87.3 Å². The molecule has 0 aliphatic heterocycles. The third-order valence-corrected chi connectivity index (χ3v) is 4.60. The molecule has 0 atom stereocenters. The average molecular weight is 514 g/mol. The zero-order valence-electron chi connectivity index (χ0n) is 15.2. The highest BCUT2D eigenvalue weighted by Gasteiger charge is 2.42. The van der Waals surface area contributed by atoms with Crippen LogP contribution < -0.4 is 0 Å². The lowest BCUT2D eigenvalue weighted by Gasteiger charge is -2.23. The quantitative estimate of drug-likeness (QED) is 0.154. The van der Waals surface area contributed by atoms with Crippen LogP contribution in [0.4, 0.5) is 65.9 Å². The Morgan fingerprint density at radius 2 is 0.324 bits per heavy atom. The van der Waals surface area contributed by atoms with Crippen LogP contribution in [0.1, 0.15) is 22.6 Å². The minimum atomic E-state index is -3.96. The zero-order chi connectivity index (χ0) is 26.0. The highest BCUT2D eigenvalue weighted by molar-refractivity contribution is 5.48. The van der Waals surface area contributed by atoms with Crippen molar-refractivity contribution in [3.05, 3.63) is 104 Å². The Kier molecular flexibility index (Phi) is 6.26. The van der Waals surface area contributed by atoms with Crippen molar-refractivity contribution in [3.63, 3.8) is 0 Å². The molecule has 15 heteroatoms. The lowest BCUT2D eigenvalue weighted by molar-refractivity contribution is 0.346. The molecule has 3 aromatic carbocycles. The first-order chi connectivity index (χ1) is 15.7. The van der Waals surface area contributed by atoms with E-state index in [1.165, 1.54) is 0 Å². The van der Waals surface area contributed by atoms with Crippen LogP contribution in [0.2, 0.25) is 0 Å². The zero-order valence-corrected chi connectivity index (χ0v) is 15.2. The van der Waals surface area contributed by atoms with E-state index in [1.807, 2.05) is 0 Å². The molecule has 3 aromatic rings. The fourth-order valence-electron chi connectivity index (χ4n) is 3.06. The number of benzene rings is 3. The van der Waals surface area contributed by atoms with Gasteiger partial charge in [0.2, 0.25) is 17.5 Å². The molecule has 34 heavy (non-hydrogen) atoms. The van der Waals surface area contributed by atoms with Crippen LogP contribution in [0.15, 0.2) is 0 Å². The van der Waals surface area contributed by atoms with Crippen molar-refractivity contribution < 1.29 is 65.9 Å². The van der Waals surface area contributed by atoms with Crippen LogP contribution in [-0.2, 0) is 0 Å². The Labute approximate surface area is 176 Å². The van der Waals surface area contributed by atoms with E-state index in [4.69, 9.17) is 0 Å². The molecular formula is C19HF15. The Morgan fingerprint density at radius 3 is 0.471 bits per heavy atom. The third-order valence-electron chi connectivity index (χ3n) is 4.60. The summed E-state index contributed by atoms with van der Waals surface area (Å²) in [6.45, 7) is 0. The van der Waals surface area contributed by atoms with Gasteiger partial charge < -0.3 is 0 Å². The van der Waals surface area contributed by atoms with E-state index >= 15 is 0 Å². The van der Waals surface area contributed by atoms with Crippen LogP contribution in [-0.4, -0.2) is 0 Å². The summed E-state index contributed by atoms with van der Waals surface area (Å²) in [7, 11) is 0. The second-order valence-electron chi connectivity index (χ2n) is 6.38. The SMILES string of the molecule is Fc1c(F)c(F)c(C(c2c(F)c(F)c(F)c(F)c2F)c2c(F)c(F)c(F)c(F)c2F)c(F)c1F. The number of hydrogen-bond acceptors (Lipinski definition) is 0. The van der Waals surface area contributed by atoms with E-state index in [0.717, 1.165) is 0 Å². The minimum Gasteiger partial charge on any atom is -0.203 e. The number of halogens is 15. The lowest BCUT2D eigenvalue weighted by atomic mass is 9.82. The maximum absolute atomic E-state index is 14.4. The monoisotopic (exact) mass is 514 g/mol. The van der Waals surface area contributed by atoms with Crippen LogP contribution in [0.25, 0.3) is 0 Å². The van der Waals surface area contributed by atoms with Gasteiger partial charge in [-0.2, -0.15) is 0 Å². The molecular weight excluding hydrogens is 513 g/mol. The van der Waals surface area contributed by atoms with Gasteiger partial charge >= 0.3 is 0 Å². The van der Waals surface area contributed by atoms with Gasteiger partial charge in [0.25, 0.3) is 0 Å². The maximum atomic E-state index is 14.4. The number of rotatable bonds is 3. The van der Waals surface area contributed by atoms with Crippen LogP contribution >= 0.6 is 0 Å². The molecule has 0 bridgehead atoms. The van der Waals surface area contributed by atoms with Crippen molar-refractivity contribution in [1.82, 2.24) is 0 Å². The predicted molar refractivity (Wildman–Crippen MR) is 79.6 cm³/mol. The van der Waals surface area contributed by atoms with E-state index in [1.54, 1.807) is 0 Å². The fourth-order valence-corrected chi connectivity index (χ4v) is 3.06. The molecule has 0 fully saturated rings. The van der Waals surface area contributed by atoms with Crippen molar-refractivity contribution in [3.8, 4) is 0 Å².